The van der Waals surface area contributed by atoms with E-state index in [0.717, 1.165) is 16.7 Å². The standard InChI is InChI=1S/C14H20ClNS/c1-3-13(11-4-6-12(15)7-5-11)16-14-8-9-17-10(14)2/h4-7,10,13-14,16H,3,8-9H2,1-2H3. The second kappa shape index (κ2) is 6.12. The van der Waals surface area contributed by atoms with E-state index in [4.69, 9.17) is 11.6 Å². The lowest BCUT2D eigenvalue weighted by atomic mass is 10.0. The molecule has 0 aliphatic carbocycles. The first-order valence-electron chi connectivity index (χ1n) is 6.34. The lowest BCUT2D eigenvalue weighted by molar-refractivity contribution is 0.425. The fraction of sp³-hybridized carbons (Fsp3) is 0.571. The van der Waals surface area contributed by atoms with E-state index < -0.39 is 0 Å². The Morgan fingerprint density at radius 1 is 1.41 bits per heavy atom. The van der Waals surface area contributed by atoms with Crippen LogP contribution in [0, 0.1) is 0 Å². The minimum absolute atomic E-state index is 0.457. The van der Waals surface area contributed by atoms with Gasteiger partial charge >= 0.3 is 0 Å². The molecule has 3 unspecified atom stereocenters. The first-order valence-corrected chi connectivity index (χ1v) is 7.76. The van der Waals surface area contributed by atoms with Crippen LogP contribution in [-0.4, -0.2) is 17.0 Å². The number of halogens is 1. The van der Waals surface area contributed by atoms with Crippen molar-refractivity contribution in [3.63, 3.8) is 0 Å². The maximum absolute atomic E-state index is 5.93. The average molecular weight is 270 g/mol. The Hall–Kier alpha value is -0.180. The zero-order valence-electron chi connectivity index (χ0n) is 10.4. The zero-order chi connectivity index (χ0) is 12.3. The van der Waals surface area contributed by atoms with Crippen LogP contribution in [0.2, 0.25) is 5.02 Å². The molecule has 1 saturated heterocycles. The van der Waals surface area contributed by atoms with Gasteiger partial charge in [0.15, 0.2) is 0 Å². The topological polar surface area (TPSA) is 12.0 Å². The Kier molecular flexibility index (Phi) is 4.78. The first-order chi connectivity index (χ1) is 8.20. The van der Waals surface area contributed by atoms with Gasteiger partial charge in [0.1, 0.15) is 0 Å². The largest absolute Gasteiger partial charge is 0.306 e. The summed E-state index contributed by atoms with van der Waals surface area (Å²) in [6, 6.07) is 9.34. The van der Waals surface area contributed by atoms with Gasteiger partial charge in [-0.3, -0.25) is 0 Å². The molecule has 1 aliphatic heterocycles. The van der Waals surface area contributed by atoms with Gasteiger partial charge in [-0.25, -0.2) is 0 Å². The van der Waals surface area contributed by atoms with Crippen LogP contribution in [0.15, 0.2) is 24.3 Å². The van der Waals surface area contributed by atoms with Gasteiger partial charge in [-0.2, -0.15) is 11.8 Å². The Morgan fingerprint density at radius 3 is 2.65 bits per heavy atom. The molecule has 1 aliphatic rings. The van der Waals surface area contributed by atoms with Gasteiger partial charge in [-0.15, -0.1) is 0 Å². The monoisotopic (exact) mass is 269 g/mol. The molecule has 1 N–H and O–H groups in total. The highest BCUT2D eigenvalue weighted by Crippen LogP contribution is 2.29. The van der Waals surface area contributed by atoms with Gasteiger partial charge in [0.25, 0.3) is 0 Å². The van der Waals surface area contributed by atoms with E-state index in [9.17, 15) is 0 Å². The van der Waals surface area contributed by atoms with Crippen LogP contribution in [0.4, 0.5) is 0 Å². The molecule has 3 atom stereocenters. The number of hydrogen-bond donors (Lipinski definition) is 1. The second-order valence-corrected chi connectivity index (χ2v) is 6.57. The van der Waals surface area contributed by atoms with Crippen molar-refractivity contribution in [2.45, 2.75) is 44.0 Å². The normalized spacial score (nSPS) is 26.1. The third-order valence-corrected chi connectivity index (χ3v) is 5.05. The van der Waals surface area contributed by atoms with Crippen molar-refractivity contribution in [1.29, 1.82) is 0 Å². The van der Waals surface area contributed by atoms with Crippen LogP contribution in [0.3, 0.4) is 0 Å². The summed E-state index contributed by atoms with van der Waals surface area (Å²) in [6.45, 7) is 4.56. The van der Waals surface area contributed by atoms with Gasteiger partial charge in [-0.05, 0) is 36.3 Å². The van der Waals surface area contributed by atoms with E-state index in [0.29, 0.717) is 12.1 Å². The van der Waals surface area contributed by atoms with Crippen LogP contribution in [0.5, 0.6) is 0 Å². The van der Waals surface area contributed by atoms with E-state index in [-0.39, 0.29) is 0 Å². The molecule has 1 heterocycles. The number of nitrogens with one attached hydrogen (secondary N) is 1. The van der Waals surface area contributed by atoms with E-state index in [2.05, 4.69) is 43.1 Å². The number of hydrogen-bond acceptors (Lipinski definition) is 2. The fourth-order valence-electron chi connectivity index (χ4n) is 2.35. The molecule has 2 rings (SSSR count). The fourth-order valence-corrected chi connectivity index (χ4v) is 3.69. The molecule has 1 fully saturated rings. The molecule has 0 amide bonds. The van der Waals surface area contributed by atoms with Gasteiger partial charge in [0.2, 0.25) is 0 Å². The van der Waals surface area contributed by atoms with Crippen molar-refractivity contribution in [2.24, 2.45) is 0 Å². The maximum Gasteiger partial charge on any atom is 0.0406 e. The second-order valence-electron chi connectivity index (χ2n) is 4.65. The van der Waals surface area contributed by atoms with Crippen LogP contribution in [-0.2, 0) is 0 Å². The quantitative estimate of drug-likeness (QED) is 0.876. The summed E-state index contributed by atoms with van der Waals surface area (Å²) in [5, 5.41) is 5.33. The smallest absolute Gasteiger partial charge is 0.0406 e. The van der Waals surface area contributed by atoms with Gasteiger partial charge in [-0.1, -0.05) is 37.6 Å². The maximum atomic E-state index is 5.93. The van der Waals surface area contributed by atoms with Crippen molar-refractivity contribution >= 4 is 23.4 Å². The Labute approximate surface area is 113 Å². The van der Waals surface area contributed by atoms with Gasteiger partial charge < -0.3 is 5.32 Å². The van der Waals surface area contributed by atoms with Crippen LogP contribution < -0.4 is 5.32 Å². The molecule has 0 bridgehead atoms. The third-order valence-electron chi connectivity index (χ3n) is 3.47. The lowest BCUT2D eigenvalue weighted by Crippen LogP contribution is -2.36. The van der Waals surface area contributed by atoms with Crippen molar-refractivity contribution in [1.82, 2.24) is 5.32 Å². The van der Waals surface area contributed by atoms with E-state index in [1.165, 1.54) is 17.7 Å². The number of rotatable bonds is 4. The SMILES string of the molecule is CCC(NC1CCSC1C)c1ccc(Cl)cc1. The molecule has 1 aromatic carbocycles. The summed E-state index contributed by atoms with van der Waals surface area (Å²) in [5.41, 5.74) is 1.35. The summed E-state index contributed by atoms with van der Waals surface area (Å²) < 4.78 is 0. The molecular formula is C14H20ClNS. The van der Waals surface area contributed by atoms with Crippen LogP contribution in [0.1, 0.15) is 38.3 Å². The predicted molar refractivity (Wildman–Crippen MR) is 77.9 cm³/mol. The molecule has 0 aromatic heterocycles. The number of thioether (sulfide) groups is 1. The van der Waals surface area contributed by atoms with Crippen molar-refractivity contribution in [3.05, 3.63) is 34.9 Å². The summed E-state index contributed by atoms with van der Waals surface area (Å²) in [7, 11) is 0. The highest BCUT2D eigenvalue weighted by Gasteiger charge is 2.25. The summed E-state index contributed by atoms with van der Waals surface area (Å²) in [5.74, 6) is 1.29. The highest BCUT2D eigenvalue weighted by atomic mass is 35.5. The zero-order valence-corrected chi connectivity index (χ0v) is 12.0. The van der Waals surface area contributed by atoms with E-state index >= 15 is 0 Å². The van der Waals surface area contributed by atoms with Crippen LogP contribution in [0.25, 0.3) is 0 Å². The van der Waals surface area contributed by atoms with E-state index in [1.54, 1.807) is 0 Å². The highest BCUT2D eigenvalue weighted by molar-refractivity contribution is 8.00. The average Bonchev–Trinajstić information content (AvgIpc) is 2.73. The van der Waals surface area contributed by atoms with Crippen molar-refractivity contribution < 1.29 is 0 Å². The summed E-state index contributed by atoms with van der Waals surface area (Å²) in [4.78, 5) is 0. The molecule has 0 spiro atoms. The lowest BCUT2D eigenvalue weighted by Gasteiger charge is -2.24. The van der Waals surface area contributed by atoms with Gasteiger partial charge in [0, 0.05) is 22.4 Å². The van der Waals surface area contributed by atoms with Crippen LogP contribution >= 0.6 is 23.4 Å². The molecule has 94 valence electrons. The van der Waals surface area contributed by atoms with Crippen molar-refractivity contribution in [2.75, 3.05) is 5.75 Å². The molecule has 3 heteroatoms. The Bertz CT molecular complexity index is 352. The minimum atomic E-state index is 0.457. The van der Waals surface area contributed by atoms with Gasteiger partial charge in [0.05, 0.1) is 0 Å². The Morgan fingerprint density at radius 2 is 2.12 bits per heavy atom. The summed E-state index contributed by atoms with van der Waals surface area (Å²) >= 11 is 8.00. The minimum Gasteiger partial charge on any atom is -0.306 e. The summed E-state index contributed by atoms with van der Waals surface area (Å²) in [6.07, 6.45) is 2.41. The molecule has 1 nitrogen and oxygen atoms in total. The molecule has 0 radical (unpaired) electrons. The Balaban J connectivity index is 2.03. The van der Waals surface area contributed by atoms with Crippen molar-refractivity contribution in [3.8, 4) is 0 Å². The molecule has 0 saturated carbocycles. The number of benzene rings is 1. The molecule has 1 aromatic rings. The molecule has 17 heavy (non-hydrogen) atoms. The third kappa shape index (κ3) is 3.40. The first kappa shape index (κ1) is 13.3. The predicted octanol–water partition coefficient (Wildman–Crippen LogP) is 4.27. The van der Waals surface area contributed by atoms with E-state index in [1.807, 2.05) is 12.1 Å². The molecular weight excluding hydrogens is 250 g/mol.